The van der Waals surface area contributed by atoms with Gasteiger partial charge in [0.25, 0.3) is 0 Å². The molecule has 0 aliphatic heterocycles. The molecule has 0 radical (unpaired) electrons. The Morgan fingerprint density at radius 2 is 1.85 bits per heavy atom. The maximum Gasteiger partial charge on any atom is 0.113 e. The molecule has 4 fully saturated rings. The number of hydrogen-bond acceptors (Lipinski definition) is 3. The normalized spacial score (nSPS) is 40.1. The van der Waals surface area contributed by atoms with Crippen LogP contribution in [0.4, 0.5) is 0 Å². The highest BCUT2D eigenvalue weighted by molar-refractivity contribution is 7.98. The van der Waals surface area contributed by atoms with E-state index in [9.17, 15) is 0 Å². The van der Waals surface area contributed by atoms with Crippen LogP contribution >= 0.6 is 11.8 Å². The molecule has 1 atom stereocenters. The summed E-state index contributed by atoms with van der Waals surface area (Å²) >= 11 is 1.95. The Hall–Kier alpha value is -0.410. The van der Waals surface area contributed by atoms with Crippen LogP contribution in [0.15, 0.2) is 22.8 Å². The second-order valence-electron chi connectivity index (χ2n) is 7.48. The maximum atomic E-state index is 6.66. The zero-order valence-corrected chi connectivity index (χ0v) is 12.9. The van der Waals surface area contributed by atoms with Gasteiger partial charge in [-0.2, -0.15) is 11.8 Å². The van der Waals surface area contributed by atoms with Crippen molar-refractivity contribution in [3.8, 4) is 0 Å². The number of thioether (sulfide) groups is 1. The quantitative estimate of drug-likeness (QED) is 0.889. The van der Waals surface area contributed by atoms with Gasteiger partial charge >= 0.3 is 0 Å². The molecule has 1 heterocycles. The molecule has 2 nitrogen and oxygen atoms in total. The molecule has 1 aromatic rings. The molecule has 4 aliphatic rings. The first kappa shape index (κ1) is 13.3. The van der Waals surface area contributed by atoms with Crippen LogP contribution in [0.1, 0.15) is 44.3 Å². The van der Waals surface area contributed by atoms with Gasteiger partial charge in [-0.1, -0.05) is 0 Å². The number of nitrogens with two attached hydrogens (primary N) is 1. The SMILES string of the molecule is NC(CSCc1ccco1)C12CC3CC(CC(C3)C1)C2. The van der Waals surface area contributed by atoms with Gasteiger partial charge in [-0.25, -0.2) is 0 Å². The molecule has 4 bridgehead atoms. The number of furan rings is 1. The first-order valence-electron chi connectivity index (χ1n) is 8.09. The second kappa shape index (κ2) is 5.10. The van der Waals surface area contributed by atoms with E-state index in [0.29, 0.717) is 11.5 Å². The van der Waals surface area contributed by atoms with Crippen LogP contribution < -0.4 is 5.73 Å². The lowest BCUT2D eigenvalue weighted by Crippen LogP contribution is -2.55. The van der Waals surface area contributed by atoms with Crippen molar-refractivity contribution in [2.75, 3.05) is 5.75 Å². The summed E-state index contributed by atoms with van der Waals surface area (Å²) in [5.41, 5.74) is 7.15. The largest absolute Gasteiger partial charge is 0.468 e. The van der Waals surface area contributed by atoms with Gasteiger partial charge in [-0.05, 0) is 73.8 Å². The summed E-state index contributed by atoms with van der Waals surface area (Å²) in [5, 5.41) is 0. The van der Waals surface area contributed by atoms with Gasteiger partial charge < -0.3 is 10.2 Å². The predicted octanol–water partition coefficient (Wildman–Crippen LogP) is 4.06. The van der Waals surface area contributed by atoms with Crippen LogP contribution in [-0.2, 0) is 5.75 Å². The van der Waals surface area contributed by atoms with Gasteiger partial charge in [0.05, 0.1) is 12.0 Å². The summed E-state index contributed by atoms with van der Waals surface area (Å²) in [4.78, 5) is 0. The minimum Gasteiger partial charge on any atom is -0.468 e. The minimum absolute atomic E-state index is 0.385. The Kier molecular flexibility index (Phi) is 3.38. The number of hydrogen-bond donors (Lipinski definition) is 1. The van der Waals surface area contributed by atoms with E-state index < -0.39 is 0 Å². The van der Waals surface area contributed by atoms with E-state index in [1.54, 1.807) is 6.26 Å². The predicted molar refractivity (Wildman–Crippen MR) is 83.5 cm³/mol. The highest BCUT2D eigenvalue weighted by Gasteiger charge is 2.53. The van der Waals surface area contributed by atoms with E-state index in [1.165, 1.54) is 38.5 Å². The Morgan fingerprint density at radius 1 is 1.20 bits per heavy atom. The van der Waals surface area contributed by atoms with Gasteiger partial charge in [0.1, 0.15) is 5.76 Å². The van der Waals surface area contributed by atoms with Crippen molar-refractivity contribution in [1.82, 2.24) is 0 Å². The lowest BCUT2D eigenvalue weighted by molar-refractivity contribution is -0.0629. The Balaban J connectivity index is 1.37. The van der Waals surface area contributed by atoms with E-state index >= 15 is 0 Å². The summed E-state index contributed by atoms with van der Waals surface area (Å²) in [6.07, 6.45) is 10.5. The van der Waals surface area contributed by atoms with Crippen molar-refractivity contribution in [1.29, 1.82) is 0 Å². The minimum atomic E-state index is 0.385. The summed E-state index contributed by atoms with van der Waals surface area (Å²) in [5.74, 6) is 6.14. The monoisotopic (exact) mass is 291 g/mol. The third-order valence-electron chi connectivity index (χ3n) is 5.99. The first-order valence-corrected chi connectivity index (χ1v) is 9.25. The third kappa shape index (κ3) is 2.33. The van der Waals surface area contributed by atoms with Crippen LogP contribution in [0.5, 0.6) is 0 Å². The van der Waals surface area contributed by atoms with Crippen molar-refractivity contribution in [3.05, 3.63) is 24.2 Å². The van der Waals surface area contributed by atoms with Crippen LogP contribution in [0.3, 0.4) is 0 Å². The van der Waals surface area contributed by atoms with Gasteiger partial charge in [0.15, 0.2) is 0 Å². The molecule has 110 valence electrons. The molecule has 2 N–H and O–H groups in total. The lowest BCUT2D eigenvalue weighted by atomic mass is 9.48. The number of rotatable bonds is 5. The fraction of sp³-hybridized carbons (Fsp3) is 0.765. The molecule has 4 aliphatic carbocycles. The first-order chi connectivity index (χ1) is 9.73. The standard InChI is InChI=1S/C17H25NOS/c18-16(11-20-10-15-2-1-3-19-15)17-7-12-4-13(8-17)6-14(5-12)9-17/h1-3,12-14,16H,4-11,18H2. The van der Waals surface area contributed by atoms with E-state index in [-0.39, 0.29) is 0 Å². The van der Waals surface area contributed by atoms with Crippen molar-refractivity contribution >= 4 is 11.8 Å². The Morgan fingerprint density at radius 3 is 2.40 bits per heavy atom. The molecule has 3 heteroatoms. The topological polar surface area (TPSA) is 39.2 Å². The molecule has 4 saturated carbocycles. The van der Waals surface area contributed by atoms with Gasteiger partial charge in [0, 0.05) is 11.8 Å². The van der Waals surface area contributed by atoms with E-state index in [0.717, 1.165) is 35.0 Å². The Bertz CT molecular complexity index is 420. The molecule has 0 saturated heterocycles. The lowest BCUT2D eigenvalue weighted by Gasteiger charge is -2.59. The zero-order valence-electron chi connectivity index (χ0n) is 12.1. The third-order valence-corrected chi connectivity index (χ3v) is 7.08. The average molecular weight is 291 g/mol. The summed E-state index contributed by atoms with van der Waals surface area (Å²) in [6, 6.07) is 4.41. The van der Waals surface area contributed by atoms with Crippen molar-refractivity contribution in [2.45, 2.75) is 50.3 Å². The van der Waals surface area contributed by atoms with Gasteiger partial charge in [-0.15, -0.1) is 0 Å². The molecule has 0 spiro atoms. The fourth-order valence-electron chi connectivity index (χ4n) is 5.49. The van der Waals surface area contributed by atoms with Crippen LogP contribution in [0, 0.1) is 23.2 Å². The van der Waals surface area contributed by atoms with Gasteiger partial charge in [-0.3, -0.25) is 0 Å². The van der Waals surface area contributed by atoms with E-state index in [2.05, 4.69) is 6.07 Å². The maximum absolute atomic E-state index is 6.66. The molecule has 1 aromatic heterocycles. The van der Waals surface area contributed by atoms with Crippen LogP contribution in [0.2, 0.25) is 0 Å². The summed E-state index contributed by atoms with van der Waals surface area (Å²) in [7, 11) is 0. The second-order valence-corrected chi connectivity index (χ2v) is 8.51. The van der Waals surface area contributed by atoms with Crippen molar-refractivity contribution < 1.29 is 4.42 Å². The molecule has 0 amide bonds. The average Bonchev–Trinajstić information content (AvgIpc) is 2.90. The van der Waals surface area contributed by atoms with Gasteiger partial charge in [0.2, 0.25) is 0 Å². The molecule has 20 heavy (non-hydrogen) atoms. The Labute approximate surface area is 125 Å². The summed E-state index contributed by atoms with van der Waals surface area (Å²) in [6.45, 7) is 0. The van der Waals surface area contributed by atoms with Crippen LogP contribution in [-0.4, -0.2) is 11.8 Å². The van der Waals surface area contributed by atoms with Crippen LogP contribution in [0.25, 0.3) is 0 Å². The zero-order chi connectivity index (χ0) is 13.6. The molecule has 5 rings (SSSR count). The highest BCUT2D eigenvalue weighted by atomic mass is 32.2. The fourth-order valence-corrected chi connectivity index (χ4v) is 6.58. The summed E-state index contributed by atoms with van der Waals surface area (Å²) < 4.78 is 5.40. The molecule has 1 unspecified atom stereocenters. The molecular weight excluding hydrogens is 266 g/mol. The van der Waals surface area contributed by atoms with E-state index in [4.69, 9.17) is 10.2 Å². The molecule has 0 aromatic carbocycles. The molecular formula is C17H25NOS. The van der Waals surface area contributed by atoms with Crippen molar-refractivity contribution in [2.24, 2.45) is 28.9 Å². The van der Waals surface area contributed by atoms with E-state index in [1.807, 2.05) is 17.8 Å². The smallest absolute Gasteiger partial charge is 0.113 e. The highest BCUT2D eigenvalue weighted by Crippen LogP contribution is 2.61. The van der Waals surface area contributed by atoms with Crippen molar-refractivity contribution in [3.63, 3.8) is 0 Å².